The lowest BCUT2D eigenvalue weighted by Gasteiger charge is -2.38. The Kier molecular flexibility index (Phi) is 2.99. The summed E-state index contributed by atoms with van der Waals surface area (Å²) in [6.07, 6.45) is 4.90. The van der Waals surface area contributed by atoms with Crippen molar-refractivity contribution in [1.29, 1.82) is 0 Å². The summed E-state index contributed by atoms with van der Waals surface area (Å²) in [4.78, 5) is 21.9. The summed E-state index contributed by atoms with van der Waals surface area (Å²) < 4.78 is 5.45. The van der Waals surface area contributed by atoms with E-state index in [-0.39, 0.29) is 16.9 Å². The van der Waals surface area contributed by atoms with Crippen molar-refractivity contribution in [2.24, 2.45) is 16.7 Å². The van der Waals surface area contributed by atoms with Gasteiger partial charge in [-0.1, -0.05) is 20.8 Å². The summed E-state index contributed by atoms with van der Waals surface area (Å²) in [7, 11) is 0. The molecule has 0 aromatic heterocycles. The maximum Gasteiger partial charge on any atom is 0.331 e. The zero-order valence-corrected chi connectivity index (χ0v) is 11.1. The molecule has 0 aliphatic heterocycles. The Morgan fingerprint density at radius 2 is 1.94 bits per heavy atom. The van der Waals surface area contributed by atoms with Gasteiger partial charge < -0.3 is 9.84 Å². The van der Waals surface area contributed by atoms with E-state index >= 15 is 0 Å². The lowest BCUT2D eigenvalue weighted by Crippen LogP contribution is -2.38. The SMILES string of the molecule is CC1(C)[C@@H]2CC[C@]1(C)[C@@H](OC(=O)C=CC(=O)O)C2. The van der Waals surface area contributed by atoms with Crippen molar-refractivity contribution in [2.75, 3.05) is 0 Å². The number of fused-ring (bicyclic) bond motifs is 2. The van der Waals surface area contributed by atoms with Crippen molar-refractivity contribution in [2.45, 2.75) is 46.1 Å². The van der Waals surface area contributed by atoms with E-state index in [1.54, 1.807) is 0 Å². The second-order valence-corrected chi connectivity index (χ2v) is 6.21. The summed E-state index contributed by atoms with van der Waals surface area (Å²) in [5.74, 6) is -1.08. The number of carbonyl (C=O) groups is 2. The fourth-order valence-electron chi connectivity index (χ4n) is 3.63. The summed E-state index contributed by atoms with van der Waals surface area (Å²) in [6, 6.07) is 0. The molecule has 0 spiro atoms. The largest absolute Gasteiger partial charge is 0.478 e. The summed E-state index contributed by atoms with van der Waals surface area (Å²) in [6.45, 7) is 6.66. The number of aliphatic carboxylic acids is 1. The van der Waals surface area contributed by atoms with Crippen molar-refractivity contribution in [3.8, 4) is 0 Å². The molecule has 2 aliphatic rings. The van der Waals surface area contributed by atoms with E-state index in [9.17, 15) is 9.59 Å². The molecule has 2 fully saturated rings. The minimum atomic E-state index is -1.13. The number of hydrogen-bond donors (Lipinski definition) is 1. The van der Waals surface area contributed by atoms with Gasteiger partial charge in [0.2, 0.25) is 0 Å². The van der Waals surface area contributed by atoms with Crippen LogP contribution < -0.4 is 0 Å². The topological polar surface area (TPSA) is 63.6 Å². The zero-order valence-electron chi connectivity index (χ0n) is 11.1. The first-order chi connectivity index (χ1) is 8.27. The van der Waals surface area contributed by atoms with Crippen molar-refractivity contribution in [1.82, 2.24) is 0 Å². The molecule has 4 nitrogen and oxygen atoms in total. The molecule has 2 rings (SSSR count). The second-order valence-electron chi connectivity index (χ2n) is 6.21. The van der Waals surface area contributed by atoms with Gasteiger partial charge in [-0.15, -0.1) is 0 Å². The Balaban J connectivity index is 2.05. The summed E-state index contributed by atoms with van der Waals surface area (Å²) in [5, 5.41) is 8.47. The molecule has 0 heterocycles. The number of hydrogen-bond acceptors (Lipinski definition) is 3. The average molecular weight is 252 g/mol. The van der Waals surface area contributed by atoms with E-state index in [0.717, 1.165) is 25.0 Å². The van der Waals surface area contributed by atoms with E-state index in [1.807, 2.05) is 0 Å². The highest BCUT2D eigenvalue weighted by atomic mass is 16.5. The monoisotopic (exact) mass is 252 g/mol. The van der Waals surface area contributed by atoms with Gasteiger partial charge in [-0.3, -0.25) is 0 Å². The minimum absolute atomic E-state index is 0.0182. The van der Waals surface area contributed by atoms with Gasteiger partial charge in [-0.2, -0.15) is 0 Å². The quantitative estimate of drug-likeness (QED) is 0.618. The fourth-order valence-corrected chi connectivity index (χ4v) is 3.63. The van der Waals surface area contributed by atoms with E-state index in [4.69, 9.17) is 9.84 Å². The molecule has 0 amide bonds. The molecule has 0 aromatic carbocycles. The van der Waals surface area contributed by atoms with Gasteiger partial charge in [0, 0.05) is 17.6 Å². The number of carbonyl (C=O) groups excluding carboxylic acids is 1. The molecule has 100 valence electrons. The van der Waals surface area contributed by atoms with Crippen LogP contribution in [0.1, 0.15) is 40.0 Å². The van der Waals surface area contributed by atoms with Gasteiger partial charge in [0.05, 0.1) is 0 Å². The van der Waals surface area contributed by atoms with Crippen LogP contribution in [0.25, 0.3) is 0 Å². The van der Waals surface area contributed by atoms with E-state index in [2.05, 4.69) is 20.8 Å². The predicted octanol–water partition coefficient (Wildman–Crippen LogP) is 2.39. The molecule has 2 saturated carbocycles. The molecule has 4 heteroatoms. The van der Waals surface area contributed by atoms with Crippen LogP contribution in [0.3, 0.4) is 0 Å². The Morgan fingerprint density at radius 1 is 1.28 bits per heavy atom. The maximum absolute atomic E-state index is 11.6. The number of rotatable bonds is 3. The van der Waals surface area contributed by atoms with Crippen LogP contribution in [-0.2, 0) is 14.3 Å². The van der Waals surface area contributed by atoms with E-state index in [0.29, 0.717) is 5.92 Å². The highest BCUT2D eigenvalue weighted by molar-refractivity contribution is 5.90. The van der Waals surface area contributed by atoms with Crippen LogP contribution in [0.4, 0.5) is 0 Å². The highest BCUT2D eigenvalue weighted by Gasteiger charge is 2.62. The van der Waals surface area contributed by atoms with Gasteiger partial charge in [-0.25, -0.2) is 9.59 Å². The predicted molar refractivity (Wildman–Crippen MR) is 65.9 cm³/mol. The van der Waals surface area contributed by atoms with Crippen molar-refractivity contribution >= 4 is 11.9 Å². The minimum Gasteiger partial charge on any atom is -0.478 e. The number of ether oxygens (including phenoxy) is 1. The standard InChI is InChI=1S/C14H20O4/c1-13(2)9-6-7-14(13,3)10(8-9)18-12(17)5-4-11(15)16/h4-5,9-10H,6-8H2,1-3H3,(H,15,16)/t9-,10+,14-/m1/s1. The normalized spacial score (nSPS) is 37.1. The number of carboxylic acids is 1. The fraction of sp³-hybridized carbons (Fsp3) is 0.714. The van der Waals surface area contributed by atoms with Crippen LogP contribution >= 0.6 is 0 Å². The number of carboxylic acid groups (broad SMARTS) is 1. The van der Waals surface area contributed by atoms with Gasteiger partial charge >= 0.3 is 11.9 Å². The Labute approximate surface area is 107 Å². The Bertz CT molecular complexity index is 410. The van der Waals surface area contributed by atoms with E-state index in [1.165, 1.54) is 6.42 Å². The van der Waals surface area contributed by atoms with Gasteiger partial charge in [0.1, 0.15) is 6.10 Å². The van der Waals surface area contributed by atoms with Crippen LogP contribution in [0.2, 0.25) is 0 Å². The molecule has 2 bridgehead atoms. The molecule has 0 radical (unpaired) electrons. The van der Waals surface area contributed by atoms with Gasteiger partial charge in [-0.05, 0) is 30.6 Å². The van der Waals surface area contributed by atoms with Crippen LogP contribution in [0.15, 0.2) is 12.2 Å². The Hall–Kier alpha value is -1.32. The summed E-state index contributed by atoms with van der Waals surface area (Å²) >= 11 is 0. The molecule has 2 aliphatic carbocycles. The van der Waals surface area contributed by atoms with Crippen LogP contribution in [-0.4, -0.2) is 23.1 Å². The molecule has 1 N–H and O–H groups in total. The van der Waals surface area contributed by atoms with Crippen LogP contribution in [0, 0.1) is 16.7 Å². The molecule has 0 unspecified atom stereocenters. The maximum atomic E-state index is 11.6. The average Bonchev–Trinajstić information content (AvgIpc) is 2.59. The molecule has 0 saturated heterocycles. The van der Waals surface area contributed by atoms with Crippen molar-refractivity contribution in [3.63, 3.8) is 0 Å². The summed E-state index contributed by atoms with van der Waals surface area (Å²) in [5.41, 5.74) is 0.207. The highest BCUT2D eigenvalue weighted by Crippen LogP contribution is 2.66. The zero-order chi connectivity index (χ0) is 13.6. The first-order valence-electron chi connectivity index (χ1n) is 6.39. The third-order valence-corrected chi connectivity index (χ3v) is 5.33. The first kappa shape index (κ1) is 13.1. The molecule has 18 heavy (non-hydrogen) atoms. The van der Waals surface area contributed by atoms with Crippen molar-refractivity contribution < 1.29 is 19.4 Å². The van der Waals surface area contributed by atoms with Gasteiger partial charge in [0.15, 0.2) is 0 Å². The smallest absolute Gasteiger partial charge is 0.331 e. The third-order valence-electron chi connectivity index (χ3n) is 5.33. The first-order valence-corrected chi connectivity index (χ1v) is 6.39. The van der Waals surface area contributed by atoms with Gasteiger partial charge in [0.25, 0.3) is 0 Å². The van der Waals surface area contributed by atoms with Crippen LogP contribution in [0.5, 0.6) is 0 Å². The molecular weight excluding hydrogens is 232 g/mol. The third kappa shape index (κ3) is 1.84. The molecular formula is C14H20O4. The molecule has 0 aromatic rings. The second kappa shape index (κ2) is 4.11. The number of esters is 1. The molecule has 3 atom stereocenters. The Morgan fingerprint density at radius 3 is 2.39 bits per heavy atom. The lowest BCUT2D eigenvalue weighted by atomic mass is 9.70. The van der Waals surface area contributed by atoms with Crippen molar-refractivity contribution in [3.05, 3.63) is 12.2 Å². The van der Waals surface area contributed by atoms with E-state index < -0.39 is 11.9 Å². The lowest BCUT2D eigenvalue weighted by molar-refractivity contribution is -0.151.